The van der Waals surface area contributed by atoms with Gasteiger partial charge in [-0.2, -0.15) is 5.10 Å². The van der Waals surface area contributed by atoms with Gasteiger partial charge in [0.15, 0.2) is 0 Å². The van der Waals surface area contributed by atoms with Crippen molar-refractivity contribution in [2.24, 2.45) is 4.99 Å². The van der Waals surface area contributed by atoms with Crippen LogP contribution in [0.15, 0.2) is 71.9 Å². The maximum absolute atomic E-state index is 6.18. The smallest absolute Gasteiger partial charge is 0.0669 e. The summed E-state index contributed by atoms with van der Waals surface area (Å²) < 4.78 is 0. The highest BCUT2D eigenvalue weighted by Gasteiger charge is 2.06. The number of benzene rings is 3. The molecule has 0 saturated heterocycles. The Morgan fingerprint density at radius 3 is 2.20 bits per heavy atom. The van der Waals surface area contributed by atoms with Crippen molar-refractivity contribution in [3.63, 3.8) is 0 Å². The van der Waals surface area contributed by atoms with Gasteiger partial charge in [0, 0.05) is 17.2 Å². The number of rotatable bonds is 3. The molecule has 0 unspecified atom stereocenters. The zero-order chi connectivity index (χ0) is 30.5. The van der Waals surface area contributed by atoms with Crippen molar-refractivity contribution in [3.8, 4) is 24.7 Å². The van der Waals surface area contributed by atoms with Crippen molar-refractivity contribution >= 4 is 40.0 Å². The predicted octanol–water partition coefficient (Wildman–Crippen LogP) is 10.6. The molecule has 0 saturated carbocycles. The summed E-state index contributed by atoms with van der Waals surface area (Å²) in [6.07, 6.45) is 16.8. The fourth-order valence-electron chi connectivity index (χ4n) is 3.34. The van der Waals surface area contributed by atoms with E-state index < -0.39 is 0 Å². The van der Waals surface area contributed by atoms with E-state index in [1.165, 1.54) is 16.5 Å². The highest BCUT2D eigenvalue weighted by molar-refractivity contribution is 6.32. The molecule has 0 spiro atoms. The second kappa shape index (κ2) is 20.9. The van der Waals surface area contributed by atoms with E-state index in [1.807, 2.05) is 78.9 Å². The number of halogens is 1. The number of terminal acetylenes is 2. The Morgan fingerprint density at radius 1 is 1.00 bits per heavy atom. The van der Waals surface area contributed by atoms with Crippen molar-refractivity contribution in [2.75, 3.05) is 0 Å². The number of aryl methyl sites for hydroxylation is 3. The van der Waals surface area contributed by atoms with E-state index in [-0.39, 0.29) is 0 Å². The maximum atomic E-state index is 6.18. The number of aromatic nitrogens is 2. The van der Waals surface area contributed by atoms with Crippen LogP contribution in [0, 0.1) is 38.5 Å². The van der Waals surface area contributed by atoms with Gasteiger partial charge in [0.2, 0.25) is 0 Å². The third-order valence-electron chi connectivity index (χ3n) is 5.40. The summed E-state index contributed by atoms with van der Waals surface area (Å²) in [5.74, 6) is 5.08. The summed E-state index contributed by atoms with van der Waals surface area (Å²) in [7, 11) is 0. The monoisotopic (exact) mass is 553 g/mol. The van der Waals surface area contributed by atoms with Crippen LogP contribution in [0.3, 0.4) is 0 Å². The number of nitrogens with zero attached hydrogens (tertiary/aromatic N) is 2. The van der Waals surface area contributed by atoms with Gasteiger partial charge >= 0.3 is 0 Å². The molecule has 40 heavy (non-hydrogen) atoms. The number of allylic oxidation sites excluding steroid dienone is 2. The SMILES string of the molecule is C#C/C=C(\C)c1cc(C)c(N=CC)cc1Cl.C#Cc1ccc(CC)cc1.CC.CC.Cc1ccc2cn[nH]c2c1. The minimum absolute atomic E-state index is 0.676. The molecule has 0 aliphatic carbocycles. The first-order chi connectivity index (χ1) is 19.3. The van der Waals surface area contributed by atoms with Crippen LogP contribution in [0.4, 0.5) is 5.69 Å². The van der Waals surface area contributed by atoms with Crippen LogP contribution in [-0.2, 0) is 6.42 Å². The quantitative estimate of drug-likeness (QED) is 0.199. The molecule has 4 heteroatoms. The molecule has 4 aromatic rings. The van der Waals surface area contributed by atoms with Crippen LogP contribution >= 0.6 is 11.6 Å². The molecule has 0 aliphatic heterocycles. The second-order valence-corrected chi connectivity index (χ2v) is 8.56. The molecule has 0 aliphatic rings. The van der Waals surface area contributed by atoms with Gasteiger partial charge in [0.05, 0.1) is 22.4 Å². The van der Waals surface area contributed by atoms with E-state index in [4.69, 9.17) is 24.4 Å². The number of hydrogen-bond donors (Lipinski definition) is 1. The Kier molecular flexibility index (Phi) is 18.7. The first kappa shape index (κ1) is 35.9. The second-order valence-electron chi connectivity index (χ2n) is 8.16. The first-order valence-electron chi connectivity index (χ1n) is 13.7. The molecule has 0 radical (unpaired) electrons. The van der Waals surface area contributed by atoms with Crippen LogP contribution in [-0.4, -0.2) is 16.4 Å². The summed E-state index contributed by atoms with van der Waals surface area (Å²) in [6.45, 7) is 18.0. The zero-order valence-electron chi connectivity index (χ0n) is 25.6. The molecular weight excluding hydrogens is 510 g/mol. The van der Waals surface area contributed by atoms with Crippen LogP contribution < -0.4 is 0 Å². The average molecular weight is 554 g/mol. The average Bonchev–Trinajstić information content (AvgIpc) is 3.45. The summed E-state index contributed by atoms with van der Waals surface area (Å²) in [6, 6.07) is 18.2. The standard InChI is InChI=1S/C14H14ClN.C10H10.C8H8N2.2C2H6/c1-5-7-10(3)12-8-11(4)14(16-6-2)9-13(12)15;1-3-9-5-7-10(4-2)8-6-9;1-6-2-3-7-5-9-10-8(7)4-6;2*1-2/h1,6-9H,2-4H3;1,5-8H,4H2,2H3;2-5H,1H3,(H,9,10);2*1-2H3/b10-7+,16-6?;;;;. The van der Waals surface area contributed by atoms with Gasteiger partial charge in [0.1, 0.15) is 0 Å². The molecule has 3 nitrogen and oxygen atoms in total. The van der Waals surface area contributed by atoms with Crippen molar-refractivity contribution in [1.82, 2.24) is 10.2 Å². The highest BCUT2D eigenvalue weighted by atomic mass is 35.5. The van der Waals surface area contributed by atoms with Gasteiger partial charge in [-0.1, -0.05) is 82.3 Å². The largest absolute Gasteiger partial charge is 0.278 e. The molecule has 0 amide bonds. The van der Waals surface area contributed by atoms with E-state index in [1.54, 1.807) is 12.3 Å². The summed E-state index contributed by atoms with van der Waals surface area (Å²) in [5, 5.41) is 8.68. The molecule has 3 aromatic carbocycles. The lowest BCUT2D eigenvalue weighted by molar-refractivity contribution is 1.12. The van der Waals surface area contributed by atoms with E-state index in [2.05, 4.69) is 71.2 Å². The molecule has 0 fully saturated rings. The lowest BCUT2D eigenvalue weighted by Gasteiger charge is -2.08. The minimum Gasteiger partial charge on any atom is -0.278 e. The number of fused-ring (bicyclic) bond motifs is 1. The Hall–Kier alpha value is -4.05. The van der Waals surface area contributed by atoms with Gasteiger partial charge in [-0.05, 0) is 98.4 Å². The predicted molar refractivity (Wildman–Crippen MR) is 180 cm³/mol. The van der Waals surface area contributed by atoms with Gasteiger partial charge in [0.25, 0.3) is 0 Å². The maximum Gasteiger partial charge on any atom is 0.0669 e. The molecule has 0 atom stereocenters. The lowest BCUT2D eigenvalue weighted by Crippen LogP contribution is -1.85. The van der Waals surface area contributed by atoms with Crippen LogP contribution in [0.2, 0.25) is 5.02 Å². The Morgan fingerprint density at radius 2 is 1.65 bits per heavy atom. The lowest BCUT2D eigenvalue weighted by atomic mass is 10.0. The third-order valence-corrected chi connectivity index (χ3v) is 5.72. The molecule has 1 heterocycles. The number of aromatic amines is 1. The molecule has 1 aromatic heterocycles. The van der Waals surface area contributed by atoms with Crippen molar-refractivity contribution in [3.05, 3.63) is 99.7 Å². The highest BCUT2D eigenvalue weighted by Crippen LogP contribution is 2.31. The van der Waals surface area contributed by atoms with Crippen molar-refractivity contribution < 1.29 is 0 Å². The molecule has 1 N–H and O–H groups in total. The van der Waals surface area contributed by atoms with Crippen LogP contribution in [0.5, 0.6) is 0 Å². The summed E-state index contributed by atoms with van der Waals surface area (Å²) in [4.78, 5) is 4.24. The van der Waals surface area contributed by atoms with Crippen molar-refractivity contribution in [1.29, 1.82) is 0 Å². The summed E-state index contributed by atoms with van der Waals surface area (Å²) >= 11 is 6.18. The molecule has 210 valence electrons. The number of nitrogens with one attached hydrogen (secondary N) is 1. The van der Waals surface area contributed by atoms with Gasteiger partial charge in [-0.3, -0.25) is 10.1 Å². The van der Waals surface area contributed by atoms with E-state index in [0.29, 0.717) is 5.02 Å². The molecule has 4 rings (SSSR count). The van der Waals surface area contributed by atoms with Gasteiger partial charge in [-0.25, -0.2) is 0 Å². The van der Waals surface area contributed by atoms with E-state index >= 15 is 0 Å². The Balaban J connectivity index is 0.000000554. The molecular formula is C36H44ClN3. The van der Waals surface area contributed by atoms with E-state index in [9.17, 15) is 0 Å². The first-order valence-corrected chi connectivity index (χ1v) is 14.1. The number of aliphatic imine (C=N–C) groups is 1. The fourth-order valence-corrected chi connectivity index (χ4v) is 3.65. The minimum atomic E-state index is 0.676. The van der Waals surface area contributed by atoms with Crippen LogP contribution in [0.25, 0.3) is 16.5 Å². The van der Waals surface area contributed by atoms with Crippen molar-refractivity contribution in [2.45, 2.75) is 68.7 Å². The number of H-pyrrole nitrogens is 1. The van der Waals surface area contributed by atoms with Gasteiger partial charge < -0.3 is 0 Å². The Bertz CT molecular complexity index is 1430. The zero-order valence-corrected chi connectivity index (χ0v) is 26.3. The van der Waals surface area contributed by atoms with Gasteiger partial charge in [-0.15, -0.1) is 12.8 Å². The Labute approximate surface area is 247 Å². The normalized spacial score (nSPS) is 9.85. The molecule has 0 bridgehead atoms. The topological polar surface area (TPSA) is 41.0 Å². The third kappa shape index (κ3) is 12.2. The van der Waals surface area contributed by atoms with E-state index in [0.717, 1.165) is 39.9 Å². The summed E-state index contributed by atoms with van der Waals surface area (Å²) in [5.41, 5.74) is 8.59. The number of hydrogen-bond acceptors (Lipinski definition) is 2. The van der Waals surface area contributed by atoms with Crippen LogP contribution in [0.1, 0.15) is 76.3 Å². The fraction of sp³-hybridized carbons (Fsp3) is 0.278.